The molecule has 0 aliphatic rings. The first-order valence-corrected chi connectivity index (χ1v) is 36.8. The van der Waals surface area contributed by atoms with Crippen molar-refractivity contribution in [1.29, 1.82) is 0 Å². The number of aliphatic hydroxyl groups excluding tert-OH is 1. The van der Waals surface area contributed by atoms with Crippen LogP contribution < -0.4 is 0 Å². The van der Waals surface area contributed by atoms with Gasteiger partial charge >= 0.3 is 0 Å². The van der Waals surface area contributed by atoms with Gasteiger partial charge in [0.1, 0.15) is 23.9 Å². The Bertz CT molecular complexity index is 3600. The van der Waals surface area contributed by atoms with Crippen molar-refractivity contribution in [3.05, 3.63) is 108 Å². The molecule has 3 aromatic carbocycles. The number of ether oxygens (including phenoxy) is 7. The molecule has 0 aliphatic heterocycles. The van der Waals surface area contributed by atoms with E-state index in [2.05, 4.69) is 232 Å². The fourth-order valence-electron chi connectivity index (χ4n) is 9.63. The van der Waals surface area contributed by atoms with Crippen molar-refractivity contribution in [2.24, 2.45) is 0 Å². The maximum atomic E-state index is 9.38. The molecule has 0 bridgehead atoms. The van der Waals surface area contributed by atoms with Gasteiger partial charge in [0.05, 0.1) is 39.6 Å². The van der Waals surface area contributed by atoms with Crippen molar-refractivity contribution in [3.63, 3.8) is 0 Å². The second-order valence-electron chi connectivity index (χ2n) is 22.9. The molecule has 0 heterocycles. The number of benzene rings is 3. The van der Waals surface area contributed by atoms with E-state index >= 15 is 0 Å². The molecule has 0 spiro atoms. The van der Waals surface area contributed by atoms with Gasteiger partial charge in [0.15, 0.2) is 12.2 Å². The summed E-state index contributed by atoms with van der Waals surface area (Å²) in [5.74, 6) is 67.4. The van der Waals surface area contributed by atoms with Crippen LogP contribution in [0.15, 0.2) is 91.0 Å². The summed E-state index contributed by atoms with van der Waals surface area (Å²) in [4.78, 5) is 9.18. The van der Waals surface area contributed by atoms with Crippen LogP contribution >= 0.6 is 0 Å². The second-order valence-corrected chi connectivity index (χ2v) is 22.9. The summed E-state index contributed by atoms with van der Waals surface area (Å²) in [6.07, 6.45) is 48.1. The Morgan fingerprint density at radius 1 is 0.385 bits per heavy atom. The number of terminal acetylenes is 1. The zero-order chi connectivity index (χ0) is 74.6. The molecule has 0 saturated heterocycles. The minimum absolute atomic E-state index is 0. The average molecular weight is 1420 g/mol. The summed E-state index contributed by atoms with van der Waals surface area (Å²) < 4.78 is 38.6. The van der Waals surface area contributed by atoms with E-state index in [0.717, 1.165) is 36.0 Å². The van der Waals surface area contributed by atoms with Crippen LogP contribution in [-0.2, 0) is 43.6 Å². The van der Waals surface area contributed by atoms with Crippen molar-refractivity contribution >= 4 is 6.47 Å². The first kappa shape index (κ1) is 95.8. The van der Waals surface area contributed by atoms with E-state index < -0.39 is 17.8 Å². The molecular formula is C95H130O9. The quantitative estimate of drug-likeness (QED) is 0.0256. The van der Waals surface area contributed by atoms with Crippen LogP contribution in [0, 0.1) is 179 Å². The molecular weight excluding hydrogens is 1290 g/mol. The molecule has 0 aromatic heterocycles. The number of rotatable bonds is 46. The van der Waals surface area contributed by atoms with Gasteiger partial charge in [-0.05, 0) is 128 Å². The highest BCUT2D eigenvalue weighted by Gasteiger charge is 2.38. The highest BCUT2D eigenvalue weighted by Crippen LogP contribution is 2.40. The Balaban J connectivity index is -0.000000203. The molecule has 564 valence electrons. The summed E-state index contributed by atoms with van der Waals surface area (Å²) in [7, 11) is 0. The van der Waals surface area contributed by atoms with Crippen molar-refractivity contribution < 1.29 is 54.5 Å². The van der Waals surface area contributed by atoms with Crippen LogP contribution in [0.3, 0.4) is 0 Å². The standard InChI is InChI=1S/C53H56O3.C34H42O3.C4H6O.C3H6O2.CH4.8H2/c1-3-5-7-9-11-13-15-17-19-20-22-24-26-37-45-54-47-52(55-46-38-27-25-23-21-18-16-14-12-10-8-6-4-2)48-56-53(49-39-31-28-32-40-49,50-41-33-29-34-42-50)51-43-35-30-36-44-51;1-3-5-7-9-11-13-15-17-19-20-22-24-26-28-30-36-33-34(32-35)37-31-29-27-25-23-21-18-16-14-12-10-8-6-4-2;1-3-5-4-2;1-2-5-3-4;;;;;;;;;/h28-36,39-44,52H,3,5,7,9,11,13,15,17,19-20,22,24,26,37,45,47-48H2,1-2H3;34-35H,3,5,7,9,11,13,15,17,19-20,22,24,26,28,30,32-33H2,1-2H3;1H,4H2,2H3;3H,2H2,1H3;1H4;8*1H. The third-order valence-electron chi connectivity index (χ3n) is 14.8. The van der Waals surface area contributed by atoms with Crippen LogP contribution in [-0.4, -0.2) is 76.6 Å². The van der Waals surface area contributed by atoms with Gasteiger partial charge in [-0.25, -0.2) is 0 Å². The summed E-state index contributed by atoms with van der Waals surface area (Å²) in [6.45, 7) is 15.1. The Morgan fingerprint density at radius 2 is 0.663 bits per heavy atom. The van der Waals surface area contributed by atoms with E-state index in [4.69, 9.17) is 23.7 Å². The van der Waals surface area contributed by atoms with Gasteiger partial charge in [-0.3, -0.25) is 4.79 Å². The monoisotopic (exact) mass is 1410 g/mol. The minimum Gasteiger partial charge on any atom is -0.468 e. The Hall–Kier alpha value is -10.2. The van der Waals surface area contributed by atoms with Gasteiger partial charge < -0.3 is 38.3 Å². The number of carbonyl (C=O) groups is 1. The molecule has 0 radical (unpaired) electrons. The molecule has 2 unspecified atom stereocenters. The molecule has 3 rings (SSSR count). The summed E-state index contributed by atoms with van der Waals surface area (Å²) in [5, 5.41) is 9.38. The molecule has 9 heteroatoms. The van der Waals surface area contributed by atoms with E-state index in [1.807, 2.05) is 67.6 Å². The summed E-state index contributed by atoms with van der Waals surface area (Å²) >= 11 is 0. The first-order chi connectivity index (χ1) is 51.0. The summed E-state index contributed by atoms with van der Waals surface area (Å²) in [5.41, 5.74) is 2.16. The number of hydrogen-bond donors (Lipinski definition) is 1. The zero-order valence-corrected chi connectivity index (χ0v) is 62.6. The lowest BCUT2D eigenvalue weighted by Gasteiger charge is -2.36. The van der Waals surface area contributed by atoms with Crippen molar-refractivity contribution in [2.45, 2.75) is 247 Å². The lowest BCUT2D eigenvalue weighted by Crippen LogP contribution is -2.37. The molecule has 3 aromatic rings. The van der Waals surface area contributed by atoms with Gasteiger partial charge in [0.25, 0.3) is 6.47 Å². The predicted octanol–water partition coefficient (Wildman–Crippen LogP) is 20.1. The fraction of sp³-hybridized carbons (Fsp3) is 0.484. The summed E-state index contributed by atoms with van der Waals surface area (Å²) in [6, 6.07) is 30.9. The van der Waals surface area contributed by atoms with E-state index in [1.54, 1.807) is 20.8 Å². The van der Waals surface area contributed by atoms with Crippen molar-refractivity contribution in [3.8, 4) is 179 Å². The normalized spacial score (nSPS) is 9.40. The van der Waals surface area contributed by atoms with Crippen molar-refractivity contribution in [1.82, 2.24) is 0 Å². The molecule has 1 N–H and O–H groups in total. The number of carbonyl (C=O) groups excluding carboxylic acids is 1. The fourth-order valence-corrected chi connectivity index (χ4v) is 9.63. The van der Waals surface area contributed by atoms with Crippen LogP contribution in [0.4, 0.5) is 0 Å². The van der Waals surface area contributed by atoms with E-state index in [1.165, 1.54) is 161 Å². The Kier molecular flexibility index (Phi) is 73.8. The molecule has 0 amide bonds. The third kappa shape index (κ3) is 60.5. The van der Waals surface area contributed by atoms with E-state index in [9.17, 15) is 9.90 Å². The largest absolute Gasteiger partial charge is 0.468 e. The number of aliphatic hydroxyl groups is 1. The third-order valence-corrected chi connectivity index (χ3v) is 14.8. The van der Waals surface area contributed by atoms with Gasteiger partial charge in [-0.15, -0.1) is 0 Å². The topological polar surface area (TPSA) is 102 Å². The molecule has 104 heavy (non-hydrogen) atoms. The van der Waals surface area contributed by atoms with Gasteiger partial charge in [-0.1, -0.05) is 297 Å². The molecule has 0 saturated carbocycles. The van der Waals surface area contributed by atoms with Gasteiger partial charge in [0.2, 0.25) is 0 Å². The van der Waals surface area contributed by atoms with Crippen LogP contribution in [0.25, 0.3) is 0 Å². The lowest BCUT2D eigenvalue weighted by atomic mass is 9.80. The zero-order valence-electron chi connectivity index (χ0n) is 62.6. The van der Waals surface area contributed by atoms with E-state index in [0.29, 0.717) is 46.1 Å². The molecule has 9 nitrogen and oxygen atoms in total. The van der Waals surface area contributed by atoms with Crippen LogP contribution in [0.1, 0.15) is 257 Å². The first-order valence-electron chi connectivity index (χ1n) is 36.8. The minimum atomic E-state index is -0.884. The van der Waals surface area contributed by atoms with Gasteiger partial charge in [0, 0.05) is 95.7 Å². The second kappa shape index (κ2) is 80.1. The molecule has 0 fully saturated rings. The highest BCUT2D eigenvalue weighted by atomic mass is 16.6. The average Bonchev–Trinajstić information content (AvgIpc) is 0.759. The van der Waals surface area contributed by atoms with E-state index in [-0.39, 0.29) is 32.1 Å². The van der Waals surface area contributed by atoms with Crippen molar-refractivity contribution in [2.75, 3.05) is 52.9 Å². The predicted molar refractivity (Wildman–Crippen MR) is 446 cm³/mol. The Morgan fingerprint density at radius 3 is 0.913 bits per heavy atom. The molecule has 2 atom stereocenters. The van der Waals surface area contributed by atoms with Crippen LogP contribution in [0.5, 0.6) is 0 Å². The lowest BCUT2D eigenvalue weighted by molar-refractivity contribution is -0.128. The number of unbranched alkanes of at least 4 members (excludes halogenated alkanes) is 26. The maximum absolute atomic E-state index is 9.38. The smallest absolute Gasteiger partial charge is 0.293 e. The number of hydrogen-bond acceptors (Lipinski definition) is 9. The van der Waals surface area contributed by atoms with Crippen LogP contribution in [0.2, 0.25) is 0 Å². The Labute approximate surface area is 643 Å². The molecule has 0 aliphatic carbocycles. The SMILES string of the molecule is C.C#COCC.CC#CC#CC#CC#CC#CC#CC#COC(CO)COCCCCCCCCCCCCCCCC.CC#CC#CC#CC#CC#CC#CC#COC(COCCCCCCCCCCCCCCCC)COC(c1ccccc1)(c1ccccc1)c1ccccc1.CCOC=O.[HH].[HH].[HH].[HH].[HH].[HH].[HH].[HH]. The highest BCUT2D eigenvalue weighted by molar-refractivity contribution is 5.49. The maximum Gasteiger partial charge on any atom is 0.293 e. The van der Waals surface area contributed by atoms with Gasteiger partial charge in [-0.2, -0.15) is 0 Å².